The summed E-state index contributed by atoms with van der Waals surface area (Å²) < 4.78 is 1.25. The molecule has 2 aliphatic rings. The number of rotatable bonds is 0. The second kappa shape index (κ2) is 4.04. The summed E-state index contributed by atoms with van der Waals surface area (Å²) in [5.41, 5.74) is 9.10. The monoisotopic (exact) mass is 280 g/mol. The van der Waals surface area contributed by atoms with E-state index in [0.29, 0.717) is 12.1 Å². The molecule has 2 nitrogen and oxygen atoms in total. The minimum absolute atomic E-state index is 0.362. The Morgan fingerprint density at radius 2 is 2.19 bits per heavy atom. The highest BCUT2D eigenvalue weighted by atomic mass is 79.9. The molecule has 0 spiro atoms. The summed E-state index contributed by atoms with van der Waals surface area (Å²) in [6.45, 7) is 1.17. The molecule has 0 aromatic heterocycles. The van der Waals surface area contributed by atoms with E-state index in [9.17, 15) is 0 Å². The van der Waals surface area contributed by atoms with Gasteiger partial charge >= 0.3 is 0 Å². The average Bonchev–Trinajstić information content (AvgIpc) is 2.30. The van der Waals surface area contributed by atoms with Crippen LogP contribution in [-0.2, 0) is 6.42 Å². The minimum Gasteiger partial charge on any atom is -0.367 e. The summed E-state index contributed by atoms with van der Waals surface area (Å²) in [6.07, 6.45) is 4.77. The maximum Gasteiger partial charge on any atom is 0.0444 e. The predicted molar refractivity (Wildman–Crippen MR) is 70.8 cm³/mol. The van der Waals surface area contributed by atoms with Crippen LogP contribution in [0.4, 0.5) is 5.69 Å². The molecule has 2 aliphatic heterocycles. The summed E-state index contributed by atoms with van der Waals surface area (Å²) >= 11 is 3.66. The molecule has 0 saturated carbocycles. The predicted octanol–water partition coefficient (Wildman–Crippen LogP) is 2.69. The standard InChI is InChI=1S/C13H17BrN2/c14-10-3-1-5-12-9(10)6-7-13-11(15)4-2-8-16(12)13/h1,3,5,11,13H,2,4,6-8,15H2. The summed E-state index contributed by atoms with van der Waals surface area (Å²) in [5.74, 6) is 0. The lowest BCUT2D eigenvalue weighted by atomic mass is 9.87. The van der Waals surface area contributed by atoms with Crippen LogP contribution in [0.5, 0.6) is 0 Å². The minimum atomic E-state index is 0.362. The first-order valence-electron chi connectivity index (χ1n) is 6.07. The van der Waals surface area contributed by atoms with E-state index >= 15 is 0 Å². The normalized spacial score (nSPS) is 28.5. The quantitative estimate of drug-likeness (QED) is 0.792. The molecule has 16 heavy (non-hydrogen) atoms. The zero-order chi connectivity index (χ0) is 11.1. The third-order valence-electron chi connectivity index (χ3n) is 3.92. The van der Waals surface area contributed by atoms with Crippen molar-refractivity contribution in [2.24, 2.45) is 5.73 Å². The zero-order valence-electron chi connectivity index (χ0n) is 9.32. The van der Waals surface area contributed by atoms with Crippen molar-refractivity contribution in [3.05, 3.63) is 28.2 Å². The number of nitrogens with two attached hydrogens (primary N) is 1. The number of anilines is 1. The second-order valence-electron chi connectivity index (χ2n) is 4.84. The van der Waals surface area contributed by atoms with Crippen LogP contribution < -0.4 is 10.6 Å². The van der Waals surface area contributed by atoms with Gasteiger partial charge in [-0.05, 0) is 43.4 Å². The van der Waals surface area contributed by atoms with Gasteiger partial charge in [0.1, 0.15) is 0 Å². The van der Waals surface area contributed by atoms with Gasteiger partial charge in [0.15, 0.2) is 0 Å². The van der Waals surface area contributed by atoms with Crippen molar-refractivity contribution in [1.29, 1.82) is 0 Å². The number of hydrogen-bond acceptors (Lipinski definition) is 2. The Labute approximate surface area is 105 Å². The van der Waals surface area contributed by atoms with E-state index in [1.54, 1.807) is 0 Å². The highest BCUT2D eigenvalue weighted by Gasteiger charge is 2.33. The Balaban J connectivity index is 2.02. The maximum atomic E-state index is 6.23. The van der Waals surface area contributed by atoms with Crippen LogP contribution in [0.25, 0.3) is 0 Å². The second-order valence-corrected chi connectivity index (χ2v) is 5.70. The highest BCUT2D eigenvalue weighted by molar-refractivity contribution is 9.10. The van der Waals surface area contributed by atoms with Crippen LogP contribution in [0.1, 0.15) is 24.8 Å². The van der Waals surface area contributed by atoms with Crippen molar-refractivity contribution in [3.8, 4) is 0 Å². The fourth-order valence-electron chi connectivity index (χ4n) is 3.11. The third-order valence-corrected chi connectivity index (χ3v) is 4.67. The van der Waals surface area contributed by atoms with Crippen molar-refractivity contribution in [3.63, 3.8) is 0 Å². The molecule has 2 atom stereocenters. The van der Waals surface area contributed by atoms with E-state index in [1.165, 1.54) is 41.5 Å². The fraction of sp³-hybridized carbons (Fsp3) is 0.538. The SMILES string of the molecule is NC1CCCN2c3cccc(Br)c3CCC12. The van der Waals surface area contributed by atoms with Gasteiger partial charge in [0.25, 0.3) is 0 Å². The molecule has 1 fully saturated rings. The van der Waals surface area contributed by atoms with Crippen LogP contribution in [-0.4, -0.2) is 18.6 Å². The Bertz CT molecular complexity index is 405. The van der Waals surface area contributed by atoms with Crippen LogP contribution in [0.2, 0.25) is 0 Å². The van der Waals surface area contributed by atoms with E-state index in [4.69, 9.17) is 5.73 Å². The molecule has 0 bridgehead atoms. The molecule has 2 unspecified atom stereocenters. The van der Waals surface area contributed by atoms with Gasteiger partial charge < -0.3 is 10.6 Å². The first-order valence-corrected chi connectivity index (χ1v) is 6.86. The molecule has 1 aromatic rings. The summed E-state index contributed by atoms with van der Waals surface area (Å²) in [6, 6.07) is 7.44. The maximum absolute atomic E-state index is 6.23. The molecule has 1 saturated heterocycles. The smallest absolute Gasteiger partial charge is 0.0444 e. The lowest BCUT2D eigenvalue weighted by molar-refractivity contribution is 0.371. The first-order chi connectivity index (χ1) is 7.77. The molecule has 1 aromatic carbocycles. The summed E-state index contributed by atoms with van der Waals surface area (Å²) in [7, 11) is 0. The number of hydrogen-bond donors (Lipinski definition) is 1. The van der Waals surface area contributed by atoms with Crippen LogP contribution in [0.3, 0.4) is 0 Å². The molecule has 86 valence electrons. The van der Waals surface area contributed by atoms with Crippen molar-refractivity contribution in [2.75, 3.05) is 11.4 Å². The number of fused-ring (bicyclic) bond motifs is 3. The molecule has 2 heterocycles. The largest absolute Gasteiger partial charge is 0.367 e. The van der Waals surface area contributed by atoms with Crippen molar-refractivity contribution < 1.29 is 0 Å². The molecule has 3 heteroatoms. The van der Waals surface area contributed by atoms with Gasteiger partial charge in [-0.2, -0.15) is 0 Å². The lowest BCUT2D eigenvalue weighted by Gasteiger charge is -2.45. The highest BCUT2D eigenvalue weighted by Crippen LogP contribution is 2.38. The van der Waals surface area contributed by atoms with Gasteiger partial charge in [0.2, 0.25) is 0 Å². The molecular weight excluding hydrogens is 264 g/mol. The number of benzene rings is 1. The molecule has 0 radical (unpaired) electrons. The van der Waals surface area contributed by atoms with Gasteiger partial charge in [0, 0.05) is 28.8 Å². The number of nitrogens with zero attached hydrogens (tertiary/aromatic N) is 1. The van der Waals surface area contributed by atoms with Crippen molar-refractivity contribution in [1.82, 2.24) is 0 Å². The first kappa shape index (κ1) is 10.6. The topological polar surface area (TPSA) is 29.3 Å². The van der Waals surface area contributed by atoms with E-state index in [2.05, 4.69) is 39.0 Å². The number of halogens is 1. The Hall–Kier alpha value is -0.540. The van der Waals surface area contributed by atoms with Crippen LogP contribution >= 0.6 is 15.9 Å². The van der Waals surface area contributed by atoms with E-state index < -0.39 is 0 Å². The van der Waals surface area contributed by atoms with Gasteiger partial charge in [-0.3, -0.25) is 0 Å². The molecule has 0 aliphatic carbocycles. The third kappa shape index (κ3) is 1.57. The lowest BCUT2D eigenvalue weighted by Crippen LogP contribution is -2.54. The van der Waals surface area contributed by atoms with Gasteiger partial charge in [-0.1, -0.05) is 22.0 Å². The molecule has 0 amide bonds. The van der Waals surface area contributed by atoms with Crippen LogP contribution in [0, 0.1) is 0 Å². The van der Waals surface area contributed by atoms with E-state index in [1.807, 2.05) is 0 Å². The average molecular weight is 281 g/mol. The number of piperidine rings is 1. The molecular formula is C13H17BrN2. The van der Waals surface area contributed by atoms with Gasteiger partial charge in [-0.25, -0.2) is 0 Å². The van der Waals surface area contributed by atoms with Crippen molar-refractivity contribution >= 4 is 21.6 Å². The fourth-order valence-corrected chi connectivity index (χ4v) is 3.67. The zero-order valence-corrected chi connectivity index (χ0v) is 10.9. The summed E-state index contributed by atoms with van der Waals surface area (Å²) in [5, 5.41) is 0. The Kier molecular flexibility index (Phi) is 2.68. The summed E-state index contributed by atoms with van der Waals surface area (Å²) in [4.78, 5) is 2.53. The molecule has 2 N–H and O–H groups in total. The van der Waals surface area contributed by atoms with E-state index in [0.717, 1.165) is 6.42 Å². The van der Waals surface area contributed by atoms with Crippen LogP contribution in [0.15, 0.2) is 22.7 Å². The van der Waals surface area contributed by atoms with Crippen molar-refractivity contribution in [2.45, 2.75) is 37.8 Å². The Morgan fingerprint density at radius 3 is 3.06 bits per heavy atom. The van der Waals surface area contributed by atoms with E-state index in [-0.39, 0.29) is 0 Å². The van der Waals surface area contributed by atoms with Gasteiger partial charge in [0.05, 0.1) is 0 Å². The molecule has 3 rings (SSSR count). The van der Waals surface area contributed by atoms with Gasteiger partial charge in [-0.15, -0.1) is 0 Å². The Morgan fingerprint density at radius 1 is 1.31 bits per heavy atom.